The number of carbonyl (C=O) groups excluding carboxylic acids is 2. The molecular weight excluding hydrogens is 272 g/mol. The number of nitrogens with zero attached hydrogens (tertiary/aromatic N) is 1. The Morgan fingerprint density at radius 1 is 1.65 bits per heavy atom. The zero-order valence-corrected chi connectivity index (χ0v) is 10.1. The minimum atomic E-state index is -0.757. The molecule has 1 amide bonds. The molecule has 1 aromatic heterocycles. The Hall–Kier alpha value is -1.67. The van der Waals surface area contributed by atoms with Gasteiger partial charge < -0.3 is 10.1 Å². The lowest BCUT2D eigenvalue weighted by Gasteiger charge is -2.03. The van der Waals surface area contributed by atoms with E-state index in [-0.39, 0.29) is 22.1 Å². The summed E-state index contributed by atoms with van der Waals surface area (Å²) in [5, 5.41) is 14.0. The molecule has 1 rings (SSSR count). The highest BCUT2D eigenvalue weighted by Crippen LogP contribution is 2.35. The van der Waals surface area contributed by atoms with Crippen molar-refractivity contribution in [2.45, 2.75) is 0 Å². The van der Waals surface area contributed by atoms with Crippen LogP contribution in [0.4, 0.5) is 11.4 Å². The van der Waals surface area contributed by atoms with Crippen LogP contribution in [0.1, 0.15) is 9.67 Å². The van der Waals surface area contributed by atoms with Crippen LogP contribution >= 0.6 is 22.9 Å². The second-order valence-electron chi connectivity index (χ2n) is 2.76. The number of alkyl halides is 1. The van der Waals surface area contributed by atoms with Crippen molar-refractivity contribution in [2.24, 2.45) is 0 Å². The standard InChI is InChI=1S/C8H7ClN2O5S/c1-16-8(13)7-6(10-5(12)2-9)4(3-17-7)11(14)15/h3H,2H2,1H3,(H,10,12). The summed E-state index contributed by atoms with van der Waals surface area (Å²) in [5.41, 5.74) is -0.550. The summed E-state index contributed by atoms with van der Waals surface area (Å²) in [6.07, 6.45) is 0. The molecular formula is C8H7ClN2O5S. The van der Waals surface area contributed by atoms with Crippen LogP contribution in [0.5, 0.6) is 0 Å². The van der Waals surface area contributed by atoms with E-state index in [2.05, 4.69) is 10.1 Å². The molecule has 0 saturated carbocycles. The number of anilines is 1. The van der Waals surface area contributed by atoms with Crippen LogP contribution in [0, 0.1) is 10.1 Å². The highest BCUT2D eigenvalue weighted by atomic mass is 35.5. The van der Waals surface area contributed by atoms with Crippen molar-refractivity contribution in [2.75, 3.05) is 18.3 Å². The predicted octanol–water partition coefficient (Wildman–Crippen LogP) is 1.62. The third kappa shape index (κ3) is 2.92. The van der Waals surface area contributed by atoms with Crippen LogP contribution in [0.15, 0.2) is 5.38 Å². The van der Waals surface area contributed by atoms with Crippen molar-refractivity contribution in [3.8, 4) is 0 Å². The lowest BCUT2D eigenvalue weighted by Crippen LogP contribution is -2.15. The Balaban J connectivity index is 3.19. The number of ether oxygens (including phenoxy) is 1. The van der Waals surface area contributed by atoms with Gasteiger partial charge in [-0.1, -0.05) is 0 Å². The van der Waals surface area contributed by atoms with Crippen molar-refractivity contribution in [3.05, 3.63) is 20.4 Å². The van der Waals surface area contributed by atoms with Crippen molar-refractivity contribution in [1.29, 1.82) is 0 Å². The molecule has 0 fully saturated rings. The van der Waals surface area contributed by atoms with Crippen LogP contribution in [0.2, 0.25) is 0 Å². The lowest BCUT2D eigenvalue weighted by molar-refractivity contribution is -0.383. The number of hydrogen-bond donors (Lipinski definition) is 1. The summed E-state index contributed by atoms with van der Waals surface area (Å²) < 4.78 is 4.45. The molecule has 7 nitrogen and oxygen atoms in total. The summed E-state index contributed by atoms with van der Waals surface area (Å²) in [4.78, 5) is 32.4. The molecule has 0 radical (unpaired) electrons. The molecule has 0 atom stereocenters. The van der Waals surface area contributed by atoms with Gasteiger partial charge in [0.2, 0.25) is 5.91 Å². The van der Waals surface area contributed by atoms with Crippen LogP contribution in [-0.4, -0.2) is 29.8 Å². The fourth-order valence-electron chi connectivity index (χ4n) is 1.02. The maximum absolute atomic E-state index is 11.3. The molecule has 0 aliphatic heterocycles. The molecule has 0 bridgehead atoms. The SMILES string of the molecule is COC(=O)c1scc([N+](=O)[O-])c1NC(=O)CCl. The Morgan fingerprint density at radius 3 is 2.76 bits per heavy atom. The number of hydrogen-bond acceptors (Lipinski definition) is 6. The number of halogens is 1. The van der Waals surface area contributed by atoms with Crippen LogP contribution < -0.4 is 5.32 Å². The maximum atomic E-state index is 11.3. The Bertz CT molecular complexity index is 472. The van der Waals surface area contributed by atoms with E-state index in [0.29, 0.717) is 0 Å². The second kappa shape index (κ2) is 5.60. The number of thiophene rings is 1. The van der Waals surface area contributed by atoms with Gasteiger partial charge >= 0.3 is 11.7 Å². The highest BCUT2D eigenvalue weighted by molar-refractivity contribution is 7.13. The predicted molar refractivity (Wildman–Crippen MR) is 61.7 cm³/mol. The fourth-order valence-corrected chi connectivity index (χ4v) is 1.97. The normalized spacial score (nSPS) is 9.76. The first-order valence-electron chi connectivity index (χ1n) is 4.21. The van der Waals surface area contributed by atoms with E-state index in [1.807, 2.05) is 0 Å². The van der Waals surface area contributed by atoms with E-state index < -0.39 is 16.8 Å². The molecule has 0 aliphatic carbocycles. The van der Waals surface area contributed by atoms with Gasteiger partial charge in [0.15, 0.2) is 0 Å². The van der Waals surface area contributed by atoms with Gasteiger partial charge in [0.25, 0.3) is 0 Å². The van der Waals surface area contributed by atoms with Crippen LogP contribution in [0.25, 0.3) is 0 Å². The zero-order valence-electron chi connectivity index (χ0n) is 8.56. The summed E-state index contributed by atoms with van der Waals surface area (Å²) in [7, 11) is 1.14. The first-order chi connectivity index (χ1) is 8.01. The van der Waals surface area contributed by atoms with E-state index in [9.17, 15) is 19.7 Å². The van der Waals surface area contributed by atoms with Crippen LogP contribution in [-0.2, 0) is 9.53 Å². The highest BCUT2D eigenvalue weighted by Gasteiger charge is 2.26. The van der Waals surface area contributed by atoms with Gasteiger partial charge in [0, 0.05) is 0 Å². The molecule has 1 heterocycles. The monoisotopic (exact) mass is 278 g/mol. The second-order valence-corrected chi connectivity index (χ2v) is 3.90. The summed E-state index contributed by atoms with van der Waals surface area (Å²) >= 11 is 6.09. The largest absolute Gasteiger partial charge is 0.465 e. The fraction of sp³-hybridized carbons (Fsp3) is 0.250. The van der Waals surface area contributed by atoms with E-state index in [0.717, 1.165) is 23.8 Å². The quantitative estimate of drug-likeness (QED) is 0.390. The molecule has 0 saturated heterocycles. The molecule has 1 aromatic rings. The van der Waals surface area contributed by atoms with Gasteiger partial charge in [-0.15, -0.1) is 22.9 Å². The third-order valence-electron chi connectivity index (χ3n) is 1.72. The van der Waals surface area contributed by atoms with Crippen LogP contribution in [0.3, 0.4) is 0 Å². The molecule has 0 aliphatic rings. The molecule has 0 spiro atoms. The molecule has 9 heteroatoms. The molecule has 92 valence electrons. The van der Waals surface area contributed by atoms with Crippen molar-refractivity contribution in [1.82, 2.24) is 0 Å². The third-order valence-corrected chi connectivity index (χ3v) is 2.92. The number of carbonyl (C=O) groups is 2. The smallest absolute Gasteiger partial charge is 0.350 e. The number of nitrogens with one attached hydrogen (secondary N) is 1. The number of nitro groups is 1. The van der Waals surface area contributed by atoms with E-state index in [1.54, 1.807) is 0 Å². The van der Waals surface area contributed by atoms with Gasteiger partial charge in [-0.2, -0.15) is 0 Å². The minimum Gasteiger partial charge on any atom is -0.465 e. The van der Waals surface area contributed by atoms with Gasteiger partial charge in [-0.25, -0.2) is 4.79 Å². The van der Waals surface area contributed by atoms with E-state index >= 15 is 0 Å². The van der Waals surface area contributed by atoms with Crippen molar-refractivity contribution < 1.29 is 19.2 Å². The molecule has 0 aromatic carbocycles. The minimum absolute atomic E-state index is 0.0438. The van der Waals surface area contributed by atoms with E-state index in [4.69, 9.17) is 11.6 Å². The van der Waals surface area contributed by atoms with Gasteiger partial charge in [0.1, 0.15) is 16.4 Å². The molecule has 1 N–H and O–H groups in total. The van der Waals surface area contributed by atoms with Gasteiger partial charge in [0.05, 0.1) is 17.4 Å². The number of amides is 1. The Morgan fingerprint density at radius 2 is 2.29 bits per heavy atom. The van der Waals surface area contributed by atoms with Crippen molar-refractivity contribution in [3.63, 3.8) is 0 Å². The first kappa shape index (κ1) is 13.4. The molecule has 0 unspecified atom stereocenters. The average Bonchev–Trinajstić information content (AvgIpc) is 2.71. The number of methoxy groups -OCH3 is 1. The summed E-state index contributed by atoms with van der Waals surface area (Å²) in [6, 6.07) is 0. The number of esters is 1. The first-order valence-corrected chi connectivity index (χ1v) is 5.62. The number of rotatable bonds is 4. The Labute approximate surface area is 104 Å². The van der Waals surface area contributed by atoms with Gasteiger partial charge in [-0.05, 0) is 0 Å². The summed E-state index contributed by atoms with van der Waals surface area (Å²) in [5.74, 6) is -1.76. The Kier molecular flexibility index (Phi) is 4.41. The lowest BCUT2D eigenvalue weighted by atomic mass is 10.3. The average molecular weight is 279 g/mol. The van der Waals surface area contributed by atoms with Gasteiger partial charge in [-0.3, -0.25) is 14.9 Å². The zero-order chi connectivity index (χ0) is 13.0. The summed E-state index contributed by atoms with van der Waals surface area (Å²) in [6.45, 7) is 0. The molecule has 17 heavy (non-hydrogen) atoms. The van der Waals surface area contributed by atoms with E-state index in [1.165, 1.54) is 0 Å². The topological polar surface area (TPSA) is 98.5 Å². The maximum Gasteiger partial charge on any atom is 0.350 e. The van der Waals surface area contributed by atoms with Crippen molar-refractivity contribution >= 4 is 46.2 Å².